The van der Waals surface area contributed by atoms with Gasteiger partial charge in [-0.2, -0.15) is 4.31 Å². The predicted octanol–water partition coefficient (Wildman–Crippen LogP) is 1.62. The number of rotatable bonds is 7. The Hall–Kier alpha value is -2.27. The lowest BCUT2D eigenvalue weighted by Gasteiger charge is -2.18. The van der Waals surface area contributed by atoms with Crippen LogP contribution in [0.4, 0.5) is 5.69 Å². The fraction of sp³-hybridized carbons (Fsp3) is 0.235. The molecule has 0 aliphatic heterocycles. The largest absolute Gasteiger partial charge is 0.322 e. The van der Waals surface area contributed by atoms with E-state index in [-0.39, 0.29) is 15.4 Å². The molecule has 0 bridgehead atoms. The Kier molecular flexibility index (Phi) is 6.37. The molecule has 8 nitrogen and oxygen atoms in total. The van der Waals surface area contributed by atoms with E-state index in [4.69, 9.17) is 5.14 Å². The second kappa shape index (κ2) is 8.17. The summed E-state index contributed by atoms with van der Waals surface area (Å²) in [5.74, 6) is -0.542. The molecular weight excluding hydrogens is 390 g/mol. The third kappa shape index (κ3) is 4.92. The van der Waals surface area contributed by atoms with E-state index >= 15 is 0 Å². The Morgan fingerprint density at radius 1 is 0.963 bits per heavy atom. The van der Waals surface area contributed by atoms with E-state index in [0.29, 0.717) is 18.8 Å². The Labute approximate surface area is 159 Å². The lowest BCUT2D eigenvalue weighted by atomic mass is 10.2. The Bertz CT molecular complexity index is 1030. The van der Waals surface area contributed by atoms with Crippen molar-refractivity contribution in [3.8, 4) is 0 Å². The van der Waals surface area contributed by atoms with Crippen LogP contribution < -0.4 is 10.5 Å². The van der Waals surface area contributed by atoms with Crippen LogP contribution in [0.15, 0.2) is 58.3 Å². The molecule has 10 heteroatoms. The van der Waals surface area contributed by atoms with Gasteiger partial charge in [-0.05, 0) is 42.5 Å². The van der Waals surface area contributed by atoms with Gasteiger partial charge < -0.3 is 5.32 Å². The first-order chi connectivity index (χ1) is 12.6. The fourth-order valence-electron chi connectivity index (χ4n) is 2.44. The number of hydrogen-bond acceptors (Lipinski definition) is 5. The van der Waals surface area contributed by atoms with E-state index < -0.39 is 26.0 Å². The Morgan fingerprint density at radius 3 is 2.07 bits per heavy atom. The molecule has 2 aromatic carbocycles. The van der Waals surface area contributed by atoms with Crippen LogP contribution in [-0.2, 0) is 20.0 Å². The minimum atomic E-state index is -3.92. The van der Waals surface area contributed by atoms with Crippen LogP contribution in [0.5, 0.6) is 0 Å². The number of benzene rings is 2. The number of anilines is 1. The third-order valence-corrected chi connectivity index (χ3v) is 6.86. The maximum absolute atomic E-state index is 12.5. The average molecular weight is 412 g/mol. The molecule has 0 unspecified atom stereocenters. The summed E-state index contributed by atoms with van der Waals surface area (Å²) in [6, 6.07) is 11.1. The molecule has 0 fully saturated rings. The van der Waals surface area contributed by atoms with Crippen molar-refractivity contribution < 1.29 is 21.6 Å². The smallest absolute Gasteiger partial charge is 0.255 e. The molecule has 2 aromatic rings. The lowest BCUT2D eigenvalue weighted by Crippen LogP contribution is -2.30. The van der Waals surface area contributed by atoms with Gasteiger partial charge in [0.1, 0.15) is 0 Å². The summed E-state index contributed by atoms with van der Waals surface area (Å²) in [4.78, 5) is 12.3. The van der Waals surface area contributed by atoms with E-state index in [0.717, 1.165) is 0 Å². The number of nitrogens with one attached hydrogen (secondary N) is 1. The van der Waals surface area contributed by atoms with Crippen molar-refractivity contribution in [1.29, 1.82) is 0 Å². The SMILES string of the molecule is CCN(CC)S(=O)(=O)c1ccc(NC(=O)c2cccc(S(N)(=O)=O)c2)cc1. The van der Waals surface area contributed by atoms with Gasteiger partial charge in [0.05, 0.1) is 9.79 Å². The van der Waals surface area contributed by atoms with Crippen LogP contribution in [0, 0.1) is 0 Å². The van der Waals surface area contributed by atoms with Crippen LogP contribution in [0.2, 0.25) is 0 Å². The summed E-state index contributed by atoms with van der Waals surface area (Å²) in [7, 11) is -7.50. The zero-order valence-electron chi connectivity index (χ0n) is 14.9. The minimum absolute atomic E-state index is 0.112. The molecule has 0 saturated heterocycles. The van der Waals surface area contributed by atoms with Gasteiger partial charge in [0.15, 0.2) is 0 Å². The summed E-state index contributed by atoms with van der Waals surface area (Å²) < 4.78 is 49.0. The number of carbonyl (C=O) groups is 1. The highest BCUT2D eigenvalue weighted by Gasteiger charge is 2.21. The molecule has 1 amide bonds. The molecule has 0 aromatic heterocycles. The van der Waals surface area contributed by atoms with Crippen LogP contribution >= 0.6 is 0 Å². The standard InChI is InChI=1S/C17H21N3O5S2/c1-3-20(4-2)27(24,25)15-10-8-14(9-11-15)19-17(21)13-6-5-7-16(12-13)26(18,22)23/h5-12H,3-4H2,1-2H3,(H,19,21)(H2,18,22,23). The van der Waals surface area contributed by atoms with Gasteiger partial charge in [0, 0.05) is 24.3 Å². The predicted molar refractivity (Wildman–Crippen MR) is 102 cm³/mol. The van der Waals surface area contributed by atoms with Crippen molar-refractivity contribution in [2.45, 2.75) is 23.6 Å². The van der Waals surface area contributed by atoms with Crippen molar-refractivity contribution in [3.05, 3.63) is 54.1 Å². The Balaban J connectivity index is 2.21. The summed E-state index contributed by atoms with van der Waals surface area (Å²) >= 11 is 0. The zero-order valence-corrected chi connectivity index (χ0v) is 16.5. The first kappa shape index (κ1) is 21.0. The normalized spacial score (nSPS) is 12.1. The van der Waals surface area contributed by atoms with E-state index in [2.05, 4.69) is 5.32 Å². The average Bonchev–Trinajstić information content (AvgIpc) is 2.62. The van der Waals surface area contributed by atoms with Gasteiger partial charge >= 0.3 is 0 Å². The van der Waals surface area contributed by atoms with Crippen LogP contribution in [0.1, 0.15) is 24.2 Å². The number of nitrogens with zero attached hydrogens (tertiary/aromatic N) is 1. The van der Waals surface area contributed by atoms with E-state index in [1.54, 1.807) is 13.8 Å². The molecular formula is C17H21N3O5S2. The molecule has 27 heavy (non-hydrogen) atoms. The van der Waals surface area contributed by atoms with Gasteiger partial charge in [-0.15, -0.1) is 0 Å². The Morgan fingerprint density at radius 2 is 1.56 bits per heavy atom. The summed E-state index contributed by atoms with van der Waals surface area (Å²) in [5.41, 5.74) is 0.487. The first-order valence-electron chi connectivity index (χ1n) is 8.14. The van der Waals surface area contributed by atoms with Gasteiger partial charge in [0.2, 0.25) is 20.0 Å². The summed E-state index contributed by atoms with van der Waals surface area (Å²) in [6.45, 7) is 4.23. The molecule has 146 valence electrons. The molecule has 0 aliphatic carbocycles. The van der Waals surface area contributed by atoms with Crippen LogP contribution in [-0.4, -0.2) is 40.1 Å². The third-order valence-electron chi connectivity index (χ3n) is 3.88. The van der Waals surface area contributed by atoms with Crippen molar-refractivity contribution >= 4 is 31.6 Å². The number of primary sulfonamides is 1. The van der Waals surface area contributed by atoms with Crippen molar-refractivity contribution in [1.82, 2.24) is 4.31 Å². The number of carbonyl (C=O) groups excluding carboxylic acids is 1. The monoisotopic (exact) mass is 411 g/mol. The molecule has 0 spiro atoms. The number of hydrogen-bond donors (Lipinski definition) is 2. The first-order valence-corrected chi connectivity index (χ1v) is 11.1. The zero-order chi connectivity index (χ0) is 20.2. The number of nitrogens with two attached hydrogens (primary N) is 1. The van der Waals surface area contributed by atoms with Gasteiger partial charge in [-0.1, -0.05) is 19.9 Å². The van der Waals surface area contributed by atoms with E-state index in [1.165, 1.54) is 52.8 Å². The summed E-state index contributed by atoms with van der Waals surface area (Å²) in [5, 5.41) is 7.65. The topological polar surface area (TPSA) is 127 Å². The van der Waals surface area contributed by atoms with Crippen molar-refractivity contribution in [2.75, 3.05) is 18.4 Å². The molecule has 0 aliphatic rings. The van der Waals surface area contributed by atoms with Crippen LogP contribution in [0.25, 0.3) is 0 Å². The molecule has 0 radical (unpaired) electrons. The van der Waals surface area contributed by atoms with Crippen LogP contribution in [0.3, 0.4) is 0 Å². The molecule has 0 heterocycles. The van der Waals surface area contributed by atoms with E-state index in [1.807, 2.05) is 0 Å². The van der Waals surface area contributed by atoms with Gasteiger partial charge in [-0.25, -0.2) is 22.0 Å². The highest BCUT2D eigenvalue weighted by molar-refractivity contribution is 7.89. The van der Waals surface area contributed by atoms with Gasteiger partial charge in [0.25, 0.3) is 5.91 Å². The molecule has 0 atom stereocenters. The maximum atomic E-state index is 12.5. The number of sulfonamides is 2. The van der Waals surface area contributed by atoms with E-state index in [9.17, 15) is 21.6 Å². The summed E-state index contributed by atoms with van der Waals surface area (Å²) in [6.07, 6.45) is 0. The fourth-order valence-corrected chi connectivity index (χ4v) is 4.46. The minimum Gasteiger partial charge on any atom is -0.322 e. The molecule has 3 N–H and O–H groups in total. The molecule has 2 rings (SSSR count). The van der Waals surface area contributed by atoms with Crippen molar-refractivity contribution in [2.24, 2.45) is 5.14 Å². The highest BCUT2D eigenvalue weighted by atomic mass is 32.2. The lowest BCUT2D eigenvalue weighted by molar-refractivity contribution is 0.102. The second-order valence-electron chi connectivity index (χ2n) is 5.64. The maximum Gasteiger partial charge on any atom is 0.255 e. The second-order valence-corrected chi connectivity index (χ2v) is 9.14. The quantitative estimate of drug-likeness (QED) is 0.716. The van der Waals surface area contributed by atoms with Gasteiger partial charge in [-0.3, -0.25) is 4.79 Å². The highest BCUT2D eigenvalue weighted by Crippen LogP contribution is 2.19. The number of amides is 1. The van der Waals surface area contributed by atoms with Crippen molar-refractivity contribution in [3.63, 3.8) is 0 Å². The molecule has 0 saturated carbocycles.